The van der Waals surface area contributed by atoms with Crippen LogP contribution in [0.3, 0.4) is 0 Å². The monoisotopic (exact) mass is 204 g/mol. The van der Waals surface area contributed by atoms with Gasteiger partial charge in [0, 0.05) is 6.54 Å². The number of nitrogens with one attached hydrogen (secondary N) is 1. The van der Waals surface area contributed by atoms with Gasteiger partial charge in [-0.1, -0.05) is 13.8 Å². The summed E-state index contributed by atoms with van der Waals surface area (Å²) in [5, 5.41) is 20.3. The zero-order chi connectivity index (χ0) is 11.3. The highest BCUT2D eigenvalue weighted by atomic mass is 15.2. The van der Waals surface area contributed by atoms with Crippen LogP contribution in [0.4, 0.5) is 5.82 Å². The minimum Gasteiger partial charge on any atom is -0.368 e. The highest BCUT2D eigenvalue weighted by Gasteiger charge is 2.13. The molecule has 0 aliphatic heterocycles. The molecule has 1 aromatic rings. The van der Waals surface area contributed by atoms with E-state index >= 15 is 0 Å². The van der Waals surface area contributed by atoms with E-state index in [2.05, 4.69) is 21.6 Å². The van der Waals surface area contributed by atoms with E-state index in [0.29, 0.717) is 11.4 Å². The van der Waals surface area contributed by atoms with E-state index in [-0.39, 0.29) is 0 Å². The van der Waals surface area contributed by atoms with Crippen LogP contribution >= 0.6 is 0 Å². The lowest BCUT2D eigenvalue weighted by molar-refractivity contribution is 0.871. The molecule has 1 N–H and O–H groups in total. The third-order valence-electron chi connectivity index (χ3n) is 2.30. The smallest absolute Gasteiger partial charge is 0.166 e. The van der Waals surface area contributed by atoms with Crippen LogP contribution in [0, 0.1) is 11.3 Å². The molecule has 4 heteroatoms. The maximum atomic E-state index is 9.12. The lowest BCUT2D eigenvalue weighted by Crippen LogP contribution is -2.09. The van der Waals surface area contributed by atoms with Crippen molar-refractivity contribution in [2.45, 2.75) is 33.6 Å². The highest BCUT2D eigenvalue weighted by molar-refractivity contribution is 5.56. The van der Waals surface area contributed by atoms with Crippen LogP contribution in [0.25, 0.3) is 0 Å². The van der Waals surface area contributed by atoms with Crippen LogP contribution < -0.4 is 5.32 Å². The fourth-order valence-electron chi connectivity index (χ4n) is 1.58. The molecule has 0 saturated heterocycles. The quantitative estimate of drug-likeness (QED) is 0.813. The Bertz CT molecular complexity index is 379. The van der Waals surface area contributed by atoms with Gasteiger partial charge >= 0.3 is 0 Å². The van der Waals surface area contributed by atoms with Crippen molar-refractivity contribution in [2.75, 3.05) is 11.9 Å². The fourth-order valence-corrected chi connectivity index (χ4v) is 1.58. The first-order valence-corrected chi connectivity index (χ1v) is 5.30. The van der Waals surface area contributed by atoms with E-state index in [9.17, 15) is 0 Å². The SMILES string of the molecule is CCNc1nnc(CC)c(CC)c1C#N. The van der Waals surface area contributed by atoms with Gasteiger partial charge in [-0.25, -0.2) is 0 Å². The molecule has 0 spiro atoms. The number of anilines is 1. The molecule has 0 aliphatic rings. The van der Waals surface area contributed by atoms with Crippen LogP contribution in [0.2, 0.25) is 0 Å². The minimum atomic E-state index is 0.606. The summed E-state index contributed by atoms with van der Waals surface area (Å²) in [4.78, 5) is 0. The summed E-state index contributed by atoms with van der Waals surface area (Å²) in [6.07, 6.45) is 1.64. The minimum absolute atomic E-state index is 0.606. The molecule has 0 aromatic carbocycles. The molecule has 0 radical (unpaired) electrons. The Morgan fingerprint density at radius 3 is 2.40 bits per heavy atom. The third kappa shape index (κ3) is 2.24. The first kappa shape index (κ1) is 11.4. The summed E-state index contributed by atoms with van der Waals surface area (Å²) in [5.74, 6) is 0.606. The maximum absolute atomic E-state index is 9.12. The van der Waals surface area contributed by atoms with E-state index in [1.54, 1.807) is 0 Å². The summed E-state index contributed by atoms with van der Waals surface area (Å²) in [6, 6.07) is 2.21. The van der Waals surface area contributed by atoms with E-state index in [1.165, 1.54) is 0 Å². The van der Waals surface area contributed by atoms with Crippen molar-refractivity contribution in [1.29, 1.82) is 5.26 Å². The van der Waals surface area contributed by atoms with E-state index in [1.807, 2.05) is 20.8 Å². The van der Waals surface area contributed by atoms with Gasteiger partial charge in [0.2, 0.25) is 0 Å². The largest absolute Gasteiger partial charge is 0.368 e. The van der Waals surface area contributed by atoms with Gasteiger partial charge in [0.1, 0.15) is 11.6 Å². The second-order valence-electron chi connectivity index (χ2n) is 3.20. The van der Waals surface area contributed by atoms with Crippen LogP contribution in [0.5, 0.6) is 0 Å². The maximum Gasteiger partial charge on any atom is 0.166 e. The zero-order valence-corrected chi connectivity index (χ0v) is 9.46. The second kappa shape index (κ2) is 5.30. The van der Waals surface area contributed by atoms with E-state index in [0.717, 1.165) is 30.6 Å². The molecule has 1 rings (SSSR count). The fraction of sp³-hybridized carbons (Fsp3) is 0.545. The normalized spacial score (nSPS) is 9.73. The highest BCUT2D eigenvalue weighted by Crippen LogP contribution is 2.19. The molecule has 0 bridgehead atoms. The van der Waals surface area contributed by atoms with Crippen LogP contribution in [0.1, 0.15) is 37.6 Å². The molecule has 15 heavy (non-hydrogen) atoms. The van der Waals surface area contributed by atoms with Gasteiger partial charge in [-0.05, 0) is 25.3 Å². The second-order valence-corrected chi connectivity index (χ2v) is 3.20. The van der Waals surface area contributed by atoms with Gasteiger partial charge in [-0.2, -0.15) is 10.4 Å². The first-order valence-electron chi connectivity index (χ1n) is 5.30. The number of rotatable bonds is 4. The van der Waals surface area contributed by atoms with Crippen LogP contribution in [0.15, 0.2) is 0 Å². The Hall–Kier alpha value is -1.63. The number of nitriles is 1. The molecule has 1 heterocycles. The Morgan fingerprint density at radius 2 is 1.93 bits per heavy atom. The lowest BCUT2D eigenvalue weighted by atomic mass is 10.0. The van der Waals surface area contributed by atoms with Crippen LogP contribution in [-0.4, -0.2) is 16.7 Å². The standard InChI is InChI=1S/C11H16N4/c1-4-8-9(7-12)11(13-6-3)15-14-10(8)5-2/h4-6H2,1-3H3,(H,13,15). The van der Waals surface area contributed by atoms with Gasteiger partial charge in [-0.3, -0.25) is 0 Å². The van der Waals surface area contributed by atoms with Crippen LogP contribution in [-0.2, 0) is 12.8 Å². The Balaban J connectivity index is 3.29. The molecule has 0 amide bonds. The molecule has 4 nitrogen and oxygen atoms in total. The molecule has 0 unspecified atom stereocenters. The average molecular weight is 204 g/mol. The molecular formula is C11H16N4. The molecule has 0 fully saturated rings. The van der Waals surface area contributed by atoms with E-state index in [4.69, 9.17) is 5.26 Å². The van der Waals surface area contributed by atoms with Gasteiger partial charge in [-0.15, -0.1) is 5.10 Å². The van der Waals surface area contributed by atoms with Crippen molar-refractivity contribution in [3.05, 3.63) is 16.8 Å². The predicted molar refractivity (Wildman–Crippen MR) is 59.7 cm³/mol. The number of hydrogen-bond acceptors (Lipinski definition) is 4. The number of aromatic nitrogens is 2. The Morgan fingerprint density at radius 1 is 1.20 bits per heavy atom. The summed E-state index contributed by atoms with van der Waals surface area (Å²) < 4.78 is 0. The van der Waals surface area contributed by atoms with Crippen molar-refractivity contribution in [2.24, 2.45) is 0 Å². The Labute approximate surface area is 90.3 Å². The molecule has 0 aliphatic carbocycles. The number of hydrogen-bond donors (Lipinski definition) is 1. The number of nitrogens with zero attached hydrogens (tertiary/aromatic N) is 3. The van der Waals surface area contributed by atoms with Crippen molar-refractivity contribution < 1.29 is 0 Å². The summed E-state index contributed by atoms with van der Waals surface area (Å²) in [7, 11) is 0. The zero-order valence-electron chi connectivity index (χ0n) is 9.46. The van der Waals surface area contributed by atoms with Crippen molar-refractivity contribution in [3.63, 3.8) is 0 Å². The van der Waals surface area contributed by atoms with Gasteiger partial charge in [0.05, 0.1) is 5.69 Å². The molecule has 0 atom stereocenters. The average Bonchev–Trinajstić information content (AvgIpc) is 2.28. The van der Waals surface area contributed by atoms with Crippen molar-refractivity contribution >= 4 is 5.82 Å². The lowest BCUT2D eigenvalue weighted by Gasteiger charge is -2.10. The van der Waals surface area contributed by atoms with Gasteiger partial charge in [0.15, 0.2) is 5.82 Å². The first-order chi connectivity index (χ1) is 7.28. The molecular weight excluding hydrogens is 188 g/mol. The summed E-state index contributed by atoms with van der Waals surface area (Å²) in [5.41, 5.74) is 2.59. The number of aryl methyl sites for hydroxylation is 1. The summed E-state index contributed by atoms with van der Waals surface area (Å²) >= 11 is 0. The summed E-state index contributed by atoms with van der Waals surface area (Å²) in [6.45, 7) is 6.78. The van der Waals surface area contributed by atoms with E-state index < -0.39 is 0 Å². The Kier molecular flexibility index (Phi) is 4.04. The van der Waals surface area contributed by atoms with Gasteiger partial charge in [0.25, 0.3) is 0 Å². The van der Waals surface area contributed by atoms with Gasteiger partial charge < -0.3 is 5.32 Å². The molecule has 1 aromatic heterocycles. The third-order valence-corrected chi connectivity index (χ3v) is 2.30. The topological polar surface area (TPSA) is 61.6 Å². The predicted octanol–water partition coefficient (Wildman–Crippen LogP) is 1.90. The van der Waals surface area contributed by atoms with Crippen molar-refractivity contribution in [3.8, 4) is 6.07 Å². The molecule has 0 saturated carbocycles. The van der Waals surface area contributed by atoms with Crippen molar-refractivity contribution in [1.82, 2.24) is 10.2 Å². The molecule has 80 valence electrons.